The number of hydrogen-bond acceptors (Lipinski definition) is 4. The fraction of sp³-hybridized carbons (Fsp3) is 0.296. The number of sulfonamides is 1. The van der Waals surface area contributed by atoms with Gasteiger partial charge in [-0.2, -0.15) is 0 Å². The maximum atomic E-state index is 13.6. The number of rotatable bonds is 10. The van der Waals surface area contributed by atoms with Crippen molar-refractivity contribution in [3.63, 3.8) is 0 Å². The number of amides is 1. The molecule has 1 N–H and O–H groups in total. The van der Waals surface area contributed by atoms with Gasteiger partial charge < -0.3 is 10.1 Å². The Balaban J connectivity index is 1.93. The van der Waals surface area contributed by atoms with Crippen LogP contribution in [0.5, 0.6) is 5.75 Å². The van der Waals surface area contributed by atoms with Crippen LogP contribution in [0, 0.1) is 12.8 Å². The fourth-order valence-electron chi connectivity index (χ4n) is 3.83. The molecule has 0 saturated carbocycles. The topological polar surface area (TPSA) is 75.7 Å². The summed E-state index contributed by atoms with van der Waals surface area (Å²) in [4.78, 5) is 13.4. The maximum absolute atomic E-state index is 13.6. The minimum atomic E-state index is -4.02. The molecule has 1 amide bonds. The molecular formula is C27H31ClN2O4S. The monoisotopic (exact) mass is 514 g/mol. The third-order valence-electron chi connectivity index (χ3n) is 5.63. The molecule has 0 bridgehead atoms. The zero-order valence-electron chi connectivity index (χ0n) is 20.4. The van der Waals surface area contributed by atoms with Crippen LogP contribution in [0.15, 0.2) is 77.7 Å². The summed E-state index contributed by atoms with van der Waals surface area (Å²) in [6.07, 6.45) is 0.701. The number of para-hydroxylation sites is 1. The molecule has 6 nitrogen and oxygen atoms in total. The van der Waals surface area contributed by atoms with E-state index in [1.54, 1.807) is 19.2 Å². The van der Waals surface area contributed by atoms with Gasteiger partial charge in [-0.15, -0.1) is 0 Å². The van der Waals surface area contributed by atoms with Gasteiger partial charge in [0.25, 0.3) is 10.0 Å². The van der Waals surface area contributed by atoms with Crippen molar-refractivity contribution in [3.8, 4) is 5.75 Å². The molecule has 3 rings (SSSR count). The van der Waals surface area contributed by atoms with E-state index in [1.807, 2.05) is 43.3 Å². The molecule has 186 valence electrons. The Morgan fingerprint density at radius 1 is 1.00 bits per heavy atom. The van der Waals surface area contributed by atoms with Crippen LogP contribution in [0.3, 0.4) is 0 Å². The molecule has 0 aromatic heterocycles. The summed E-state index contributed by atoms with van der Waals surface area (Å²) in [6.45, 7) is 5.61. The molecule has 0 fully saturated rings. The van der Waals surface area contributed by atoms with E-state index in [0.29, 0.717) is 23.0 Å². The molecule has 1 atom stereocenters. The summed E-state index contributed by atoms with van der Waals surface area (Å²) in [5.41, 5.74) is 2.12. The van der Waals surface area contributed by atoms with Gasteiger partial charge in [-0.05, 0) is 72.9 Å². The highest BCUT2D eigenvalue weighted by atomic mass is 35.5. The zero-order chi connectivity index (χ0) is 25.6. The van der Waals surface area contributed by atoms with Crippen LogP contribution >= 0.6 is 11.6 Å². The van der Waals surface area contributed by atoms with Crippen molar-refractivity contribution in [2.45, 2.75) is 38.1 Å². The molecule has 0 radical (unpaired) electrons. The molecule has 0 aliphatic carbocycles. The van der Waals surface area contributed by atoms with E-state index in [1.165, 1.54) is 24.3 Å². The Hall–Kier alpha value is -3.03. The first-order chi connectivity index (χ1) is 16.6. The van der Waals surface area contributed by atoms with E-state index in [2.05, 4.69) is 19.2 Å². The lowest BCUT2D eigenvalue weighted by molar-refractivity contribution is -0.120. The van der Waals surface area contributed by atoms with Crippen molar-refractivity contribution in [3.05, 3.63) is 88.9 Å². The standard InChI is InChI=1S/C27H31ClN2O4S/c1-19(2)17-25(21-9-13-23(34-4)14-10-21)29-27(31)18-30(26-8-6-5-7-20(26)3)35(32,33)24-15-11-22(28)12-16-24/h5-16,19,25H,17-18H2,1-4H3,(H,29,31). The number of nitrogens with zero attached hydrogens (tertiary/aromatic N) is 1. The van der Waals surface area contributed by atoms with Crippen molar-refractivity contribution < 1.29 is 17.9 Å². The lowest BCUT2D eigenvalue weighted by atomic mass is 9.97. The second-order valence-corrected chi connectivity index (χ2v) is 11.1. The second kappa shape index (κ2) is 11.6. The summed E-state index contributed by atoms with van der Waals surface area (Å²) in [6, 6.07) is 20.3. The first-order valence-corrected chi connectivity index (χ1v) is 13.2. The maximum Gasteiger partial charge on any atom is 0.264 e. The minimum absolute atomic E-state index is 0.0619. The number of methoxy groups -OCH3 is 1. The van der Waals surface area contributed by atoms with Gasteiger partial charge in [-0.3, -0.25) is 9.10 Å². The van der Waals surface area contributed by atoms with Gasteiger partial charge in [0, 0.05) is 5.02 Å². The van der Waals surface area contributed by atoms with Gasteiger partial charge in [-0.25, -0.2) is 8.42 Å². The number of carbonyl (C=O) groups excluding carboxylic acids is 1. The quantitative estimate of drug-likeness (QED) is 0.373. The summed E-state index contributed by atoms with van der Waals surface area (Å²) in [5, 5.41) is 3.48. The highest BCUT2D eigenvalue weighted by Crippen LogP contribution is 2.28. The molecular weight excluding hydrogens is 484 g/mol. The van der Waals surface area contributed by atoms with Gasteiger partial charge in [0.1, 0.15) is 12.3 Å². The second-order valence-electron chi connectivity index (χ2n) is 8.77. The first kappa shape index (κ1) is 26.6. The minimum Gasteiger partial charge on any atom is -0.497 e. The third-order valence-corrected chi connectivity index (χ3v) is 7.66. The van der Waals surface area contributed by atoms with E-state index in [4.69, 9.17) is 16.3 Å². The van der Waals surface area contributed by atoms with Crippen molar-refractivity contribution in [1.29, 1.82) is 0 Å². The Morgan fingerprint density at radius 2 is 1.63 bits per heavy atom. The van der Waals surface area contributed by atoms with Crippen LogP contribution in [0.1, 0.15) is 37.4 Å². The molecule has 1 unspecified atom stereocenters. The Kier molecular flexibility index (Phi) is 8.81. The predicted octanol–water partition coefficient (Wildman–Crippen LogP) is 5.76. The Labute approximate surface area is 212 Å². The first-order valence-electron chi connectivity index (χ1n) is 11.4. The van der Waals surface area contributed by atoms with Gasteiger partial charge in [-0.1, -0.05) is 55.8 Å². The van der Waals surface area contributed by atoms with E-state index >= 15 is 0 Å². The number of hydrogen-bond donors (Lipinski definition) is 1. The Morgan fingerprint density at radius 3 is 2.20 bits per heavy atom. The van der Waals surface area contributed by atoms with E-state index in [-0.39, 0.29) is 17.5 Å². The summed E-state index contributed by atoms with van der Waals surface area (Å²) >= 11 is 5.96. The highest BCUT2D eigenvalue weighted by Gasteiger charge is 2.29. The number of ether oxygens (including phenoxy) is 1. The number of nitrogens with one attached hydrogen (secondary N) is 1. The molecule has 0 spiro atoms. The number of benzene rings is 3. The third kappa shape index (κ3) is 6.77. The SMILES string of the molecule is COc1ccc(C(CC(C)C)NC(=O)CN(c2ccccc2C)S(=O)(=O)c2ccc(Cl)cc2)cc1. The van der Waals surface area contributed by atoms with Gasteiger partial charge in [0.05, 0.1) is 23.7 Å². The average molecular weight is 515 g/mol. The highest BCUT2D eigenvalue weighted by molar-refractivity contribution is 7.92. The lowest BCUT2D eigenvalue weighted by Crippen LogP contribution is -2.42. The molecule has 0 aliphatic heterocycles. The van der Waals surface area contributed by atoms with Crippen LogP contribution in [0.2, 0.25) is 5.02 Å². The average Bonchev–Trinajstić information content (AvgIpc) is 2.82. The number of halogens is 1. The van der Waals surface area contributed by atoms with E-state index in [0.717, 1.165) is 21.2 Å². The molecule has 0 heterocycles. The fourth-order valence-corrected chi connectivity index (χ4v) is 5.44. The van der Waals surface area contributed by atoms with E-state index < -0.39 is 15.9 Å². The molecule has 3 aromatic carbocycles. The van der Waals surface area contributed by atoms with Crippen LogP contribution in [0.4, 0.5) is 5.69 Å². The summed E-state index contributed by atoms with van der Waals surface area (Å²) in [7, 11) is -2.42. The van der Waals surface area contributed by atoms with Crippen LogP contribution in [-0.2, 0) is 14.8 Å². The Bertz CT molecular complexity index is 1240. The number of anilines is 1. The van der Waals surface area contributed by atoms with Crippen LogP contribution < -0.4 is 14.4 Å². The molecule has 0 saturated heterocycles. The van der Waals surface area contributed by atoms with Crippen LogP contribution in [0.25, 0.3) is 0 Å². The molecule has 3 aromatic rings. The number of carbonyl (C=O) groups is 1. The van der Waals surface area contributed by atoms with Crippen molar-refractivity contribution in [2.75, 3.05) is 18.0 Å². The largest absolute Gasteiger partial charge is 0.497 e. The zero-order valence-corrected chi connectivity index (χ0v) is 21.9. The summed E-state index contributed by atoms with van der Waals surface area (Å²) in [5.74, 6) is 0.642. The van der Waals surface area contributed by atoms with Crippen LogP contribution in [-0.4, -0.2) is 28.0 Å². The summed E-state index contributed by atoms with van der Waals surface area (Å²) < 4.78 is 33.6. The van der Waals surface area contributed by atoms with Crippen molar-refractivity contribution in [1.82, 2.24) is 5.32 Å². The number of aryl methyl sites for hydroxylation is 1. The van der Waals surface area contributed by atoms with Gasteiger partial charge >= 0.3 is 0 Å². The van der Waals surface area contributed by atoms with E-state index in [9.17, 15) is 13.2 Å². The van der Waals surface area contributed by atoms with Crippen molar-refractivity contribution in [2.24, 2.45) is 5.92 Å². The smallest absolute Gasteiger partial charge is 0.264 e. The normalized spacial score (nSPS) is 12.3. The predicted molar refractivity (Wildman–Crippen MR) is 140 cm³/mol. The molecule has 35 heavy (non-hydrogen) atoms. The molecule has 0 aliphatic rings. The van der Waals surface area contributed by atoms with Crippen molar-refractivity contribution >= 4 is 33.2 Å². The van der Waals surface area contributed by atoms with Gasteiger partial charge in [0.15, 0.2) is 0 Å². The van der Waals surface area contributed by atoms with Gasteiger partial charge in [0.2, 0.25) is 5.91 Å². The lowest BCUT2D eigenvalue weighted by Gasteiger charge is -2.27. The molecule has 8 heteroatoms.